The number of nitrogens with one attached hydrogen (secondary N) is 1. The van der Waals surface area contributed by atoms with Gasteiger partial charge in [0.15, 0.2) is 0 Å². The smallest absolute Gasteiger partial charge is 0.407 e. The van der Waals surface area contributed by atoms with Gasteiger partial charge in [-0.15, -0.1) is 0 Å². The summed E-state index contributed by atoms with van der Waals surface area (Å²) < 4.78 is 4.92. The molecular weight excluding hydrogens is 184 g/mol. The van der Waals surface area contributed by atoms with Gasteiger partial charge in [0, 0.05) is 6.54 Å². The molecule has 0 radical (unpaired) electrons. The third-order valence-electron chi connectivity index (χ3n) is 1.21. The lowest BCUT2D eigenvalue weighted by Crippen LogP contribution is -2.36. The summed E-state index contributed by atoms with van der Waals surface area (Å²) in [6.07, 6.45) is -1.43. The summed E-state index contributed by atoms with van der Waals surface area (Å²) in [7, 11) is 0. The van der Waals surface area contributed by atoms with E-state index in [2.05, 4.69) is 5.32 Å². The van der Waals surface area contributed by atoms with Crippen molar-refractivity contribution in [2.45, 2.75) is 38.9 Å². The molecule has 0 fully saturated rings. The molecule has 0 unspecified atom stereocenters. The second-order valence-corrected chi connectivity index (χ2v) is 3.90. The number of carbonyl (C=O) groups is 1. The number of alkyl carbamates (subject to hydrolysis) is 1. The Balaban J connectivity index is 3.71. The zero-order chi connectivity index (χ0) is 11.2. The first-order valence-corrected chi connectivity index (χ1v) is 4.37. The Hall–Kier alpha value is -1.28. The molecule has 1 atom stereocenters. The van der Waals surface area contributed by atoms with E-state index in [9.17, 15) is 4.79 Å². The molecule has 1 amide bonds. The van der Waals surface area contributed by atoms with Crippen molar-refractivity contribution < 1.29 is 14.6 Å². The van der Waals surface area contributed by atoms with Crippen molar-refractivity contribution in [1.29, 1.82) is 5.26 Å². The summed E-state index contributed by atoms with van der Waals surface area (Å²) in [5.41, 5.74) is -0.551. The average Bonchev–Trinajstić information content (AvgIpc) is 1.98. The Labute approximate surface area is 83.7 Å². The number of hydrogen-bond donors (Lipinski definition) is 2. The lowest BCUT2D eigenvalue weighted by molar-refractivity contribution is 0.0493. The fraction of sp³-hybridized carbons (Fsp3) is 0.778. The molecule has 0 aromatic rings. The van der Waals surface area contributed by atoms with E-state index in [1.54, 1.807) is 26.8 Å². The molecule has 5 heteroatoms. The molecule has 0 aromatic heterocycles. The lowest BCUT2D eigenvalue weighted by atomic mass is 10.2. The van der Waals surface area contributed by atoms with Crippen molar-refractivity contribution in [3.05, 3.63) is 0 Å². The molecule has 0 aliphatic carbocycles. The molecule has 0 rings (SSSR count). The van der Waals surface area contributed by atoms with E-state index >= 15 is 0 Å². The Morgan fingerprint density at radius 2 is 2.21 bits per heavy atom. The van der Waals surface area contributed by atoms with Crippen LogP contribution in [0, 0.1) is 11.3 Å². The number of nitriles is 1. The highest BCUT2D eigenvalue weighted by Gasteiger charge is 2.16. The molecular formula is C9H16N2O3. The van der Waals surface area contributed by atoms with Crippen molar-refractivity contribution in [3.8, 4) is 6.07 Å². The van der Waals surface area contributed by atoms with E-state index in [4.69, 9.17) is 15.1 Å². The van der Waals surface area contributed by atoms with Gasteiger partial charge < -0.3 is 15.2 Å². The van der Waals surface area contributed by atoms with Crippen LogP contribution in [0.1, 0.15) is 27.2 Å². The van der Waals surface area contributed by atoms with Crippen molar-refractivity contribution in [2.75, 3.05) is 6.54 Å². The highest BCUT2D eigenvalue weighted by molar-refractivity contribution is 5.67. The van der Waals surface area contributed by atoms with Crippen LogP contribution in [0.15, 0.2) is 0 Å². The van der Waals surface area contributed by atoms with E-state index in [1.165, 1.54) is 0 Å². The summed E-state index contributed by atoms with van der Waals surface area (Å²) in [6.45, 7) is 5.28. The minimum atomic E-state index is -0.840. The van der Waals surface area contributed by atoms with Gasteiger partial charge in [0.25, 0.3) is 0 Å². The van der Waals surface area contributed by atoms with Gasteiger partial charge in [-0.3, -0.25) is 0 Å². The van der Waals surface area contributed by atoms with E-state index < -0.39 is 17.8 Å². The zero-order valence-electron chi connectivity index (χ0n) is 8.70. The van der Waals surface area contributed by atoms with Gasteiger partial charge in [0.1, 0.15) is 5.60 Å². The normalized spacial score (nSPS) is 12.8. The number of aliphatic hydroxyl groups is 1. The van der Waals surface area contributed by atoms with Gasteiger partial charge in [0.05, 0.1) is 18.6 Å². The second-order valence-electron chi connectivity index (χ2n) is 3.90. The minimum Gasteiger partial charge on any atom is -0.444 e. The molecule has 80 valence electrons. The Morgan fingerprint density at radius 3 is 2.64 bits per heavy atom. The highest BCUT2D eigenvalue weighted by atomic mass is 16.6. The average molecular weight is 200 g/mol. The second kappa shape index (κ2) is 5.45. The van der Waals surface area contributed by atoms with Gasteiger partial charge in [-0.25, -0.2) is 4.79 Å². The van der Waals surface area contributed by atoms with Gasteiger partial charge in [0.2, 0.25) is 0 Å². The fourth-order valence-electron chi connectivity index (χ4n) is 0.693. The van der Waals surface area contributed by atoms with Crippen molar-refractivity contribution >= 4 is 6.09 Å². The van der Waals surface area contributed by atoms with Crippen molar-refractivity contribution in [3.63, 3.8) is 0 Å². The maximum absolute atomic E-state index is 11.0. The number of ether oxygens (including phenoxy) is 1. The van der Waals surface area contributed by atoms with E-state index in [1.807, 2.05) is 0 Å². The van der Waals surface area contributed by atoms with Crippen LogP contribution in [0.3, 0.4) is 0 Å². The SMILES string of the molecule is CC(C)(C)OC(=O)NC[C@H](O)CC#N. The highest BCUT2D eigenvalue weighted by Crippen LogP contribution is 2.06. The first-order chi connectivity index (χ1) is 6.35. The molecule has 0 spiro atoms. The number of rotatable bonds is 3. The topological polar surface area (TPSA) is 82.3 Å². The number of carbonyl (C=O) groups excluding carboxylic acids is 1. The monoisotopic (exact) mass is 200 g/mol. The minimum absolute atomic E-state index is 0.00417. The van der Waals surface area contributed by atoms with Crippen LogP contribution in [0.2, 0.25) is 0 Å². The first-order valence-electron chi connectivity index (χ1n) is 4.37. The molecule has 5 nitrogen and oxygen atoms in total. The molecule has 0 heterocycles. The standard InChI is InChI=1S/C9H16N2O3/c1-9(2,3)14-8(13)11-6-7(12)4-5-10/h7,12H,4,6H2,1-3H3,(H,11,13)/t7-/m1/s1. The third-order valence-corrected chi connectivity index (χ3v) is 1.21. The van der Waals surface area contributed by atoms with E-state index in [0.717, 1.165) is 0 Å². The summed E-state index contributed by atoms with van der Waals surface area (Å²) in [5.74, 6) is 0. The molecule has 0 aliphatic heterocycles. The fourth-order valence-corrected chi connectivity index (χ4v) is 0.693. The Morgan fingerprint density at radius 1 is 1.64 bits per heavy atom. The summed E-state index contributed by atoms with van der Waals surface area (Å²) in [6, 6.07) is 1.80. The first kappa shape index (κ1) is 12.7. The van der Waals surface area contributed by atoms with Crippen LogP contribution in [-0.4, -0.2) is 29.4 Å². The molecule has 0 aliphatic rings. The summed E-state index contributed by atoms with van der Waals surface area (Å²) in [5, 5.41) is 19.7. The summed E-state index contributed by atoms with van der Waals surface area (Å²) >= 11 is 0. The molecule has 0 aromatic carbocycles. The maximum atomic E-state index is 11.0. The van der Waals surface area contributed by atoms with Gasteiger partial charge in [-0.2, -0.15) is 5.26 Å². The Kier molecular flexibility index (Phi) is 4.95. The van der Waals surface area contributed by atoms with Crippen LogP contribution < -0.4 is 5.32 Å². The van der Waals surface area contributed by atoms with Gasteiger partial charge in [-0.1, -0.05) is 0 Å². The van der Waals surface area contributed by atoms with E-state index in [-0.39, 0.29) is 13.0 Å². The molecule has 14 heavy (non-hydrogen) atoms. The largest absolute Gasteiger partial charge is 0.444 e. The van der Waals surface area contributed by atoms with Crippen LogP contribution >= 0.6 is 0 Å². The number of nitrogens with zero attached hydrogens (tertiary/aromatic N) is 1. The van der Waals surface area contributed by atoms with Crippen LogP contribution in [0.4, 0.5) is 4.79 Å². The maximum Gasteiger partial charge on any atom is 0.407 e. The predicted octanol–water partition coefficient (Wildman–Crippen LogP) is 0.786. The van der Waals surface area contributed by atoms with Crippen LogP contribution in [0.25, 0.3) is 0 Å². The summed E-state index contributed by atoms with van der Waals surface area (Å²) in [4.78, 5) is 11.0. The van der Waals surface area contributed by atoms with Gasteiger partial charge in [-0.05, 0) is 20.8 Å². The van der Waals surface area contributed by atoms with Crippen molar-refractivity contribution in [1.82, 2.24) is 5.32 Å². The zero-order valence-corrected chi connectivity index (χ0v) is 8.70. The van der Waals surface area contributed by atoms with Crippen LogP contribution in [0.5, 0.6) is 0 Å². The molecule has 2 N–H and O–H groups in total. The molecule has 0 saturated heterocycles. The lowest BCUT2D eigenvalue weighted by Gasteiger charge is -2.20. The third kappa shape index (κ3) is 7.37. The number of aliphatic hydroxyl groups excluding tert-OH is 1. The number of amides is 1. The van der Waals surface area contributed by atoms with Gasteiger partial charge >= 0.3 is 6.09 Å². The predicted molar refractivity (Wildman–Crippen MR) is 50.5 cm³/mol. The Bertz CT molecular complexity index is 227. The molecule has 0 bridgehead atoms. The van der Waals surface area contributed by atoms with Crippen LogP contribution in [-0.2, 0) is 4.74 Å². The number of hydrogen-bond acceptors (Lipinski definition) is 4. The van der Waals surface area contributed by atoms with Crippen molar-refractivity contribution in [2.24, 2.45) is 0 Å². The quantitative estimate of drug-likeness (QED) is 0.705. The van der Waals surface area contributed by atoms with E-state index in [0.29, 0.717) is 0 Å². The molecule has 0 saturated carbocycles.